The average molecular weight is 199 g/mol. The van der Waals surface area contributed by atoms with Gasteiger partial charge in [-0.3, -0.25) is 10.2 Å². The lowest BCUT2D eigenvalue weighted by molar-refractivity contribution is -0.121. The van der Waals surface area contributed by atoms with Gasteiger partial charge in [0, 0.05) is 13.0 Å². The molecule has 4 heteroatoms. The first-order chi connectivity index (χ1) is 6.53. The molecule has 4 nitrogen and oxygen atoms in total. The van der Waals surface area contributed by atoms with E-state index in [1.54, 1.807) is 0 Å². The van der Waals surface area contributed by atoms with Crippen LogP contribution in [0.25, 0.3) is 0 Å². The van der Waals surface area contributed by atoms with Crippen LogP contribution < -0.4 is 11.3 Å². The van der Waals surface area contributed by atoms with Crippen molar-refractivity contribution in [3.63, 3.8) is 0 Å². The maximum Gasteiger partial charge on any atom is 0.233 e. The Bertz CT molecular complexity index is 204. The second-order valence-electron chi connectivity index (χ2n) is 4.86. The van der Waals surface area contributed by atoms with Crippen molar-refractivity contribution < 1.29 is 4.79 Å². The van der Waals surface area contributed by atoms with Crippen LogP contribution in [0.15, 0.2) is 0 Å². The third kappa shape index (κ3) is 3.64. The summed E-state index contributed by atoms with van der Waals surface area (Å²) in [4.78, 5) is 13.3. The lowest BCUT2D eigenvalue weighted by Crippen LogP contribution is -2.31. The molecule has 1 rings (SSSR count). The summed E-state index contributed by atoms with van der Waals surface area (Å²) in [6.07, 6.45) is 2.70. The number of carbonyl (C=O) groups excluding carboxylic acids is 1. The van der Waals surface area contributed by atoms with Crippen molar-refractivity contribution in [3.8, 4) is 0 Å². The Morgan fingerprint density at radius 3 is 2.79 bits per heavy atom. The molecule has 1 aliphatic rings. The quantitative estimate of drug-likeness (QED) is 0.393. The molecule has 0 spiro atoms. The number of likely N-dealkylation sites (tertiary alicyclic amines) is 1. The van der Waals surface area contributed by atoms with Crippen LogP contribution >= 0.6 is 0 Å². The van der Waals surface area contributed by atoms with Gasteiger partial charge in [-0.2, -0.15) is 0 Å². The molecule has 0 bridgehead atoms. The minimum atomic E-state index is -0.0662. The number of carbonyl (C=O) groups is 1. The van der Waals surface area contributed by atoms with Gasteiger partial charge in [0.1, 0.15) is 0 Å². The molecule has 0 atom stereocenters. The second-order valence-corrected chi connectivity index (χ2v) is 4.86. The van der Waals surface area contributed by atoms with Crippen molar-refractivity contribution in [3.05, 3.63) is 0 Å². The molecule has 1 aliphatic heterocycles. The van der Waals surface area contributed by atoms with Gasteiger partial charge < -0.3 is 4.90 Å². The van der Waals surface area contributed by atoms with Gasteiger partial charge in [-0.05, 0) is 31.3 Å². The van der Waals surface area contributed by atoms with Gasteiger partial charge in [0.15, 0.2) is 0 Å². The number of amides is 1. The molecule has 0 aromatic carbocycles. The number of nitrogens with two attached hydrogens (primary N) is 1. The third-order valence-corrected chi connectivity index (χ3v) is 2.80. The fourth-order valence-electron chi connectivity index (χ4n) is 1.95. The Hall–Kier alpha value is -0.610. The summed E-state index contributed by atoms with van der Waals surface area (Å²) in [5.74, 6) is 4.93. The normalized spacial score (nSPS) is 21.1. The van der Waals surface area contributed by atoms with Crippen LogP contribution in [0.5, 0.6) is 0 Å². The molecule has 0 aliphatic carbocycles. The zero-order valence-electron chi connectivity index (χ0n) is 9.18. The highest BCUT2D eigenvalue weighted by Gasteiger charge is 2.28. The molecule has 1 amide bonds. The first-order valence-electron chi connectivity index (χ1n) is 5.25. The number of hydrogen-bond acceptors (Lipinski definition) is 3. The molecular formula is C10H21N3O. The predicted octanol–water partition coefficient (Wildman–Crippen LogP) is 0.488. The van der Waals surface area contributed by atoms with E-state index in [2.05, 4.69) is 24.2 Å². The van der Waals surface area contributed by atoms with Crippen molar-refractivity contribution in [2.45, 2.75) is 33.1 Å². The Kier molecular flexibility index (Phi) is 3.89. The van der Waals surface area contributed by atoms with Gasteiger partial charge in [0.2, 0.25) is 5.91 Å². The van der Waals surface area contributed by atoms with Gasteiger partial charge >= 0.3 is 0 Å². The summed E-state index contributed by atoms with van der Waals surface area (Å²) in [6, 6.07) is 0. The Morgan fingerprint density at radius 2 is 2.29 bits per heavy atom. The van der Waals surface area contributed by atoms with Crippen molar-refractivity contribution in [1.29, 1.82) is 0 Å². The summed E-state index contributed by atoms with van der Waals surface area (Å²) in [5, 5.41) is 0. The van der Waals surface area contributed by atoms with Crippen LogP contribution in [0.3, 0.4) is 0 Å². The SMILES string of the molecule is CC1(C)CCN(CCCC(=O)NN)C1. The largest absolute Gasteiger partial charge is 0.303 e. The van der Waals surface area contributed by atoms with Gasteiger partial charge in [-0.25, -0.2) is 5.84 Å². The van der Waals surface area contributed by atoms with E-state index in [0.717, 1.165) is 26.1 Å². The maximum absolute atomic E-state index is 10.9. The molecule has 0 aromatic heterocycles. The molecule has 1 heterocycles. The number of hydrazine groups is 1. The van der Waals surface area contributed by atoms with Crippen LogP contribution in [0.1, 0.15) is 33.1 Å². The van der Waals surface area contributed by atoms with Gasteiger partial charge in [0.25, 0.3) is 0 Å². The van der Waals surface area contributed by atoms with E-state index in [1.807, 2.05) is 0 Å². The van der Waals surface area contributed by atoms with Gasteiger partial charge in [0.05, 0.1) is 0 Å². The minimum Gasteiger partial charge on any atom is -0.303 e. The summed E-state index contributed by atoms with van der Waals surface area (Å²) < 4.78 is 0. The highest BCUT2D eigenvalue weighted by Crippen LogP contribution is 2.28. The van der Waals surface area contributed by atoms with Crippen molar-refractivity contribution in [2.24, 2.45) is 11.3 Å². The van der Waals surface area contributed by atoms with E-state index in [4.69, 9.17) is 5.84 Å². The van der Waals surface area contributed by atoms with E-state index in [0.29, 0.717) is 11.8 Å². The Balaban J connectivity index is 2.12. The minimum absolute atomic E-state index is 0.0662. The molecule has 0 radical (unpaired) electrons. The van der Waals surface area contributed by atoms with Crippen LogP contribution in [-0.4, -0.2) is 30.4 Å². The van der Waals surface area contributed by atoms with Gasteiger partial charge in [-0.15, -0.1) is 0 Å². The number of hydrogen-bond donors (Lipinski definition) is 2. The second kappa shape index (κ2) is 4.75. The topological polar surface area (TPSA) is 58.4 Å². The molecule has 0 unspecified atom stereocenters. The molecular weight excluding hydrogens is 178 g/mol. The maximum atomic E-state index is 10.9. The van der Waals surface area contributed by atoms with Crippen molar-refractivity contribution >= 4 is 5.91 Å². The van der Waals surface area contributed by atoms with Crippen LogP contribution in [0.2, 0.25) is 0 Å². The number of nitrogens with zero attached hydrogens (tertiary/aromatic N) is 1. The smallest absolute Gasteiger partial charge is 0.233 e. The first kappa shape index (κ1) is 11.5. The average Bonchev–Trinajstić information content (AvgIpc) is 2.45. The summed E-state index contributed by atoms with van der Waals surface area (Å²) in [6.45, 7) is 7.91. The highest BCUT2D eigenvalue weighted by molar-refractivity contribution is 5.75. The monoisotopic (exact) mass is 199 g/mol. The summed E-state index contributed by atoms with van der Waals surface area (Å²) in [5.41, 5.74) is 2.60. The number of rotatable bonds is 4. The van der Waals surface area contributed by atoms with E-state index in [-0.39, 0.29) is 5.91 Å². The van der Waals surface area contributed by atoms with Crippen LogP contribution in [0, 0.1) is 5.41 Å². The van der Waals surface area contributed by atoms with Crippen molar-refractivity contribution in [2.75, 3.05) is 19.6 Å². The first-order valence-corrected chi connectivity index (χ1v) is 5.25. The predicted molar refractivity (Wildman–Crippen MR) is 56.4 cm³/mol. The standard InChI is InChI=1S/C10H21N3O/c1-10(2)5-7-13(8-10)6-3-4-9(14)12-11/h3-8,11H2,1-2H3,(H,12,14). The molecule has 0 aromatic rings. The van der Waals surface area contributed by atoms with Crippen molar-refractivity contribution in [1.82, 2.24) is 10.3 Å². The van der Waals surface area contributed by atoms with E-state index in [9.17, 15) is 4.79 Å². The molecule has 14 heavy (non-hydrogen) atoms. The van der Waals surface area contributed by atoms with Crippen LogP contribution in [0.4, 0.5) is 0 Å². The molecule has 82 valence electrons. The fourth-order valence-corrected chi connectivity index (χ4v) is 1.95. The number of nitrogens with one attached hydrogen (secondary N) is 1. The zero-order chi connectivity index (χ0) is 10.6. The summed E-state index contributed by atoms with van der Waals surface area (Å²) >= 11 is 0. The Morgan fingerprint density at radius 1 is 1.57 bits per heavy atom. The molecule has 1 fully saturated rings. The fraction of sp³-hybridized carbons (Fsp3) is 0.900. The molecule has 1 saturated heterocycles. The van der Waals surface area contributed by atoms with Crippen LogP contribution in [-0.2, 0) is 4.79 Å². The van der Waals surface area contributed by atoms with E-state index in [1.165, 1.54) is 6.42 Å². The zero-order valence-corrected chi connectivity index (χ0v) is 9.18. The highest BCUT2D eigenvalue weighted by atomic mass is 16.2. The molecule has 3 N–H and O–H groups in total. The Labute approximate surface area is 85.8 Å². The lowest BCUT2D eigenvalue weighted by Gasteiger charge is -2.19. The lowest BCUT2D eigenvalue weighted by atomic mass is 9.93. The summed E-state index contributed by atoms with van der Waals surface area (Å²) in [7, 11) is 0. The van der Waals surface area contributed by atoms with Gasteiger partial charge in [-0.1, -0.05) is 13.8 Å². The van der Waals surface area contributed by atoms with E-state index >= 15 is 0 Å². The molecule has 0 saturated carbocycles. The van der Waals surface area contributed by atoms with E-state index < -0.39 is 0 Å². The third-order valence-electron chi connectivity index (χ3n) is 2.80.